The monoisotopic (exact) mass is 464 g/mol. The summed E-state index contributed by atoms with van der Waals surface area (Å²) in [6, 6.07) is 11.2. The molecule has 31 heavy (non-hydrogen) atoms. The maximum atomic E-state index is 13.3. The lowest BCUT2D eigenvalue weighted by molar-refractivity contribution is -0.200. The number of nitrogens with one attached hydrogen (secondary N) is 1. The van der Waals surface area contributed by atoms with E-state index < -0.39 is 26.8 Å². The van der Waals surface area contributed by atoms with Crippen molar-refractivity contribution in [3.8, 4) is 10.4 Å². The van der Waals surface area contributed by atoms with Crippen LogP contribution in [-0.4, -0.2) is 33.0 Å². The Bertz CT molecular complexity index is 1030. The molecule has 2 aliphatic rings. The van der Waals surface area contributed by atoms with E-state index in [0.717, 1.165) is 29.7 Å². The van der Waals surface area contributed by atoms with E-state index in [4.69, 9.17) is 15.3 Å². The maximum absolute atomic E-state index is 13.3. The summed E-state index contributed by atoms with van der Waals surface area (Å²) in [4.78, 5) is 19.8. The number of sulfone groups is 1. The number of nitrogen functional groups attached to an aromatic ring is 1. The Morgan fingerprint density at radius 2 is 2.10 bits per heavy atom. The fourth-order valence-electron chi connectivity index (χ4n) is 4.28. The summed E-state index contributed by atoms with van der Waals surface area (Å²) in [5, 5.41) is 0. The first-order valence-electron chi connectivity index (χ1n) is 10.6. The number of hydrogen-bond acceptors (Lipinski definition) is 7. The number of carbonyl (C=O) groups is 1. The third-order valence-corrected chi connectivity index (χ3v) is 10.0. The third-order valence-electron chi connectivity index (χ3n) is 5.95. The van der Waals surface area contributed by atoms with Gasteiger partial charge in [0, 0.05) is 28.5 Å². The zero-order valence-corrected chi connectivity index (χ0v) is 19.0. The number of amides is 1. The van der Waals surface area contributed by atoms with Crippen LogP contribution < -0.4 is 11.2 Å². The molecule has 3 heterocycles. The number of hydrogen-bond donors (Lipinski definition) is 2. The van der Waals surface area contributed by atoms with Crippen molar-refractivity contribution in [1.82, 2.24) is 5.48 Å². The number of anilines is 1. The van der Waals surface area contributed by atoms with Gasteiger partial charge in [0.2, 0.25) is 5.91 Å². The van der Waals surface area contributed by atoms with E-state index in [0.29, 0.717) is 36.4 Å². The summed E-state index contributed by atoms with van der Waals surface area (Å²) in [5.74, 6) is -0.364. The van der Waals surface area contributed by atoms with Gasteiger partial charge < -0.3 is 10.5 Å². The molecule has 2 aromatic rings. The van der Waals surface area contributed by atoms with Crippen molar-refractivity contribution in [2.24, 2.45) is 0 Å². The number of benzene rings is 1. The molecule has 1 aromatic heterocycles. The average molecular weight is 465 g/mol. The fourth-order valence-corrected chi connectivity index (χ4v) is 8.05. The van der Waals surface area contributed by atoms with Gasteiger partial charge in [0.1, 0.15) is 4.75 Å². The Hall–Kier alpha value is -1.94. The molecular weight excluding hydrogens is 436 g/mol. The van der Waals surface area contributed by atoms with E-state index >= 15 is 0 Å². The molecule has 0 radical (unpaired) electrons. The molecule has 3 N–H and O–H groups in total. The number of ether oxygens (including phenoxy) is 1. The molecule has 0 saturated carbocycles. The van der Waals surface area contributed by atoms with Gasteiger partial charge in [-0.25, -0.2) is 18.7 Å². The number of nitrogens with two attached hydrogens (primary N) is 1. The van der Waals surface area contributed by atoms with Gasteiger partial charge in [-0.1, -0.05) is 18.6 Å². The number of carbonyl (C=O) groups excluding carboxylic acids is 1. The van der Waals surface area contributed by atoms with Gasteiger partial charge in [0.05, 0.1) is 12.2 Å². The topological polar surface area (TPSA) is 108 Å². The van der Waals surface area contributed by atoms with E-state index in [9.17, 15) is 13.2 Å². The number of hydroxylamine groups is 1. The number of rotatable bonds is 6. The Morgan fingerprint density at radius 1 is 1.23 bits per heavy atom. The molecule has 2 fully saturated rings. The van der Waals surface area contributed by atoms with Crippen LogP contribution >= 0.6 is 11.3 Å². The predicted octanol–water partition coefficient (Wildman–Crippen LogP) is 3.76. The lowest BCUT2D eigenvalue weighted by Crippen LogP contribution is -2.45. The minimum absolute atomic E-state index is 0.0817. The zero-order chi connectivity index (χ0) is 21.9. The van der Waals surface area contributed by atoms with E-state index in [-0.39, 0.29) is 12.2 Å². The highest BCUT2D eigenvalue weighted by molar-refractivity contribution is 7.92. The second kappa shape index (κ2) is 9.28. The van der Waals surface area contributed by atoms with Gasteiger partial charge in [0.25, 0.3) is 0 Å². The lowest BCUT2D eigenvalue weighted by Gasteiger charge is -2.35. The molecule has 2 atom stereocenters. The predicted molar refractivity (Wildman–Crippen MR) is 121 cm³/mol. The highest BCUT2D eigenvalue weighted by Crippen LogP contribution is 2.47. The molecule has 2 aliphatic heterocycles. The molecule has 168 valence electrons. The minimum Gasteiger partial charge on any atom is -0.399 e. The van der Waals surface area contributed by atoms with Gasteiger partial charge >= 0.3 is 0 Å². The van der Waals surface area contributed by atoms with Crippen LogP contribution in [0.4, 0.5) is 5.69 Å². The first kappa shape index (κ1) is 22.3. The fraction of sp³-hybridized carbons (Fsp3) is 0.500. The van der Waals surface area contributed by atoms with Crippen molar-refractivity contribution < 1.29 is 22.8 Å². The second-order valence-corrected chi connectivity index (χ2v) is 11.7. The first-order chi connectivity index (χ1) is 14.9. The largest absolute Gasteiger partial charge is 0.399 e. The summed E-state index contributed by atoms with van der Waals surface area (Å²) in [6.07, 6.45) is 3.80. The summed E-state index contributed by atoms with van der Waals surface area (Å²) in [5.41, 5.74) is 9.92. The Morgan fingerprint density at radius 3 is 2.84 bits per heavy atom. The van der Waals surface area contributed by atoms with Crippen LogP contribution in [0.5, 0.6) is 0 Å². The summed E-state index contributed by atoms with van der Waals surface area (Å²) in [7, 11) is -3.52. The van der Waals surface area contributed by atoms with Gasteiger partial charge in [-0.3, -0.25) is 4.79 Å². The smallest absolute Gasteiger partial charge is 0.245 e. The van der Waals surface area contributed by atoms with Crippen molar-refractivity contribution in [1.29, 1.82) is 0 Å². The molecule has 1 aromatic carbocycles. The second-order valence-electron chi connectivity index (χ2n) is 8.18. The quantitative estimate of drug-likeness (QED) is 0.498. The molecule has 0 aliphatic carbocycles. The minimum atomic E-state index is -3.52. The molecule has 4 rings (SSSR count). The summed E-state index contributed by atoms with van der Waals surface area (Å²) < 4.78 is 30.8. The van der Waals surface area contributed by atoms with E-state index in [1.165, 1.54) is 11.3 Å². The highest BCUT2D eigenvalue weighted by atomic mass is 32.2. The van der Waals surface area contributed by atoms with E-state index in [1.807, 2.05) is 36.4 Å². The van der Waals surface area contributed by atoms with Gasteiger partial charge in [0.15, 0.2) is 16.1 Å². The third kappa shape index (κ3) is 4.79. The normalized spacial score (nSPS) is 25.7. The first-order valence-corrected chi connectivity index (χ1v) is 13.1. The van der Waals surface area contributed by atoms with E-state index in [2.05, 4.69) is 5.48 Å². The standard InChI is InChI=1S/C22H28N2O5S2/c23-17-7-5-6-16(14-17)18-9-10-19(30-18)22(11-2-4-13-31(22,26)27)15-20(25)24-29-21-8-1-3-12-28-21/h5-7,9-10,14,21H,1-4,8,11-13,15,23H2,(H,24,25)/t21?,22-/m0/s1. The number of thiophene rings is 1. The van der Waals surface area contributed by atoms with Crippen LogP contribution in [-0.2, 0) is 29.0 Å². The Balaban J connectivity index is 1.58. The molecule has 2 saturated heterocycles. The lowest BCUT2D eigenvalue weighted by atomic mass is 9.94. The molecule has 0 bridgehead atoms. The Kier molecular flexibility index (Phi) is 6.66. The molecule has 7 nitrogen and oxygen atoms in total. The van der Waals surface area contributed by atoms with Crippen molar-refractivity contribution in [2.45, 2.75) is 56.0 Å². The van der Waals surface area contributed by atoms with Crippen LogP contribution in [0.15, 0.2) is 36.4 Å². The van der Waals surface area contributed by atoms with Crippen LogP contribution in [0.2, 0.25) is 0 Å². The molecule has 9 heteroatoms. The van der Waals surface area contributed by atoms with Crippen molar-refractivity contribution in [3.63, 3.8) is 0 Å². The van der Waals surface area contributed by atoms with Crippen molar-refractivity contribution >= 4 is 32.8 Å². The van der Waals surface area contributed by atoms with Gasteiger partial charge in [-0.15, -0.1) is 11.3 Å². The average Bonchev–Trinajstić information content (AvgIpc) is 3.25. The SMILES string of the molecule is Nc1cccc(-c2ccc([C@@]3(CC(=O)NOC4CCCCO4)CCCCS3(=O)=O)s2)c1. The van der Waals surface area contributed by atoms with Gasteiger partial charge in [-0.2, -0.15) is 0 Å². The van der Waals surface area contributed by atoms with Gasteiger partial charge in [-0.05, 0) is 55.5 Å². The molecular formula is C22H28N2O5S2. The molecule has 1 unspecified atom stereocenters. The van der Waals surface area contributed by atoms with Crippen LogP contribution in [0, 0.1) is 0 Å². The molecule has 1 amide bonds. The van der Waals surface area contributed by atoms with Crippen LogP contribution in [0.1, 0.15) is 49.8 Å². The summed E-state index contributed by atoms with van der Waals surface area (Å²) >= 11 is 1.41. The highest BCUT2D eigenvalue weighted by Gasteiger charge is 2.49. The van der Waals surface area contributed by atoms with Crippen molar-refractivity contribution in [3.05, 3.63) is 41.3 Å². The van der Waals surface area contributed by atoms with Crippen LogP contribution in [0.3, 0.4) is 0 Å². The van der Waals surface area contributed by atoms with Crippen LogP contribution in [0.25, 0.3) is 10.4 Å². The molecule has 0 spiro atoms. The van der Waals surface area contributed by atoms with E-state index in [1.54, 1.807) is 0 Å². The zero-order valence-electron chi connectivity index (χ0n) is 17.3. The maximum Gasteiger partial charge on any atom is 0.245 e. The Labute approximate surface area is 186 Å². The van der Waals surface area contributed by atoms with Crippen molar-refractivity contribution in [2.75, 3.05) is 18.1 Å². The summed E-state index contributed by atoms with van der Waals surface area (Å²) in [6.45, 7) is 0.598.